The molecule has 0 saturated carbocycles. The molecule has 2 aromatic rings. The molecule has 10 nitrogen and oxygen atoms in total. The van der Waals surface area contributed by atoms with Crippen molar-refractivity contribution in [1.82, 2.24) is 19.3 Å². The third-order valence-electron chi connectivity index (χ3n) is 3.81. The van der Waals surface area contributed by atoms with Crippen LogP contribution in [0, 0.1) is 6.92 Å². The highest BCUT2D eigenvalue weighted by atomic mass is 32.2. The van der Waals surface area contributed by atoms with E-state index in [1.54, 1.807) is 35.9 Å². The maximum Gasteiger partial charge on any atom is 0.339 e. The van der Waals surface area contributed by atoms with Gasteiger partial charge < -0.3 is 5.32 Å². The number of benzene rings is 1. The maximum atomic E-state index is 12.1. The number of nitrogens with zero attached hydrogens (tertiary/aromatic N) is 2. The van der Waals surface area contributed by atoms with Crippen LogP contribution in [0.2, 0.25) is 0 Å². The Morgan fingerprint density at radius 1 is 1.29 bits per heavy atom. The number of imide groups is 1. The first-order valence-electron chi connectivity index (χ1n) is 8.16. The molecule has 1 saturated heterocycles. The molecule has 3 N–H and O–H groups in total. The number of nitrogens with one attached hydrogen (secondary N) is 3. The van der Waals surface area contributed by atoms with Crippen molar-refractivity contribution < 1.29 is 22.8 Å². The summed E-state index contributed by atoms with van der Waals surface area (Å²) in [4.78, 5) is 37.5. The van der Waals surface area contributed by atoms with Crippen molar-refractivity contribution in [3.05, 3.63) is 46.8 Å². The molecular formula is C16H17N5O5S2. The van der Waals surface area contributed by atoms with Crippen molar-refractivity contribution in [3.8, 4) is 0 Å². The standard InChI is InChI=1S/C16H17N5O5S2/c1-10-7-13(18-27-10)19-28(25,26)20-16(24)21-9-12(15(21)23)17-14(22)8-11-5-3-2-4-6-11/h2-7,12H,8-9H2,1H3,(H,17,22)(H,18,19)(H,20,24)/t12-/m0/s1. The second-order valence-corrected chi connectivity index (χ2v) is 8.49. The van der Waals surface area contributed by atoms with Gasteiger partial charge in [-0.3, -0.25) is 14.5 Å². The van der Waals surface area contributed by atoms with E-state index < -0.39 is 28.2 Å². The quantitative estimate of drug-likeness (QED) is 0.575. The van der Waals surface area contributed by atoms with Gasteiger partial charge in [0.05, 0.1) is 13.0 Å². The van der Waals surface area contributed by atoms with Crippen molar-refractivity contribution in [2.24, 2.45) is 0 Å². The van der Waals surface area contributed by atoms with Gasteiger partial charge in [-0.2, -0.15) is 12.8 Å². The van der Waals surface area contributed by atoms with Crippen molar-refractivity contribution in [3.63, 3.8) is 0 Å². The molecule has 0 spiro atoms. The van der Waals surface area contributed by atoms with Crippen LogP contribution in [0.3, 0.4) is 0 Å². The van der Waals surface area contributed by atoms with E-state index in [1.807, 2.05) is 6.07 Å². The Bertz CT molecular complexity index is 1010. The molecule has 28 heavy (non-hydrogen) atoms. The largest absolute Gasteiger partial charge is 0.342 e. The fourth-order valence-electron chi connectivity index (χ4n) is 2.49. The number of anilines is 1. The van der Waals surface area contributed by atoms with Gasteiger partial charge in [0.1, 0.15) is 6.04 Å². The summed E-state index contributed by atoms with van der Waals surface area (Å²) in [6.07, 6.45) is 0.0994. The summed E-state index contributed by atoms with van der Waals surface area (Å²) in [5.74, 6) is -0.972. The number of rotatable bonds is 6. The number of carbonyl (C=O) groups excluding carboxylic acids is 3. The number of aryl methyl sites for hydroxylation is 1. The van der Waals surface area contributed by atoms with Crippen molar-refractivity contribution >= 4 is 45.4 Å². The SMILES string of the molecule is Cc1cc(NS(=O)(=O)NC(=O)N2C[C@H](NC(=O)Cc3ccccc3)C2=O)ns1. The minimum Gasteiger partial charge on any atom is -0.342 e. The van der Waals surface area contributed by atoms with E-state index in [0.717, 1.165) is 22.0 Å². The molecule has 148 valence electrons. The first-order valence-corrected chi connectivity index (χ1v) is 10.4. The Kier molecular flexibility index (Phi) is 5.61. The second kappa shape index (κ2) is 7.94. The molecule has 0 bridgehead atoms. The topological polar surface area (TPSA) is 138 Å². The zero-order chi connectivity index (χ0) is 20.3. The van der Waals surface area contributed by atoms with Crippen LogP contribution < -0.4 is 14.8 Å². The predicted molar refractivity (Wildman–Crippen MR) is 102 cm³/mol. The summed E-state index contributed by atoms with van der Waals surface area (Å²) < 4.78 is 31.6. The average molecular weight is 423 g/mol. The number of amides is 4. The molecule has 1 aromatic carbocycles. The summed E-state index contributed by atoms with van der Waals surface area (Å²) in [7, 11) is -4.23. The van der Waals surface area contributed by atoms with Gasteiger partial charge in [0.2, 0.25) is 5.91 Å². The molecule has 0 unspecified atom stereocenters. The van der Waals surface area contributed by atoms with Crippen LogP contribution in [0.25, 0.3) is 0 Å². The van der Waals surface area contributed by atoms with Gasteiger partial charge in [-0.1, -0.05) is 30.3 Å². The van der Waals surface area contributed by atoms with Crippen LogP contribution >= 0.6 is 11.5 Å². The molecule has 1 atom stereocenters. The number of urea groups is 1. The van der Waals surface area contributed by atoms with Crippen LogP contribution in [0.1, 0.15) is 10.4 Å². The Labute approximate surface area is 165 Å². The summed E-state index contributed by atoms with van der Waals surface area (Å²) >= 11 is 1.10. The van der Waals surface area contributed by atoms with Crippen LogP contribution in [0.4, 0.5) is 10.6 Å². The molecule has 1 aliphatic rings. The molecule has 2 heterocycles. The Hall–Kier alpha value is -2.99. The maximum absolute atomic E-state index is 12.1. The minimum absolute atomic E-state index is 0.0730. The summed E-state index contributed by atoms with van der Waals surface area (Å²) in [5, 5.41) is 2.52. The second-order valence-electron chi connectivity index (χ2n) is 6.07. The van der Waals surface area contributed by atoms with Gasteiger partial charge in [0.15, 0.2) is 5.82 Å². The first-order chi connectivity index (χ1) is 13.2. The average Bonchev–Trinajstić information content (AvgIpc) is 3.02. The van der Waals surface area contributed by atoms with Gasteiger partial charge in [-0.05, 0) is 30.1 Å². The predicted octanol–water partition coefficient (Wildman–Crippen LogP) is 0.388. The highest BCUT2D eigenvalue weighted by Crippen LogP contribution is 2.15. The lowest BCUT2D eigenvalue weighted by atomic mass is 10.1. The molecule has 0 aliphatic carbocycles. The molecule has 1 aliphatic heterocycles. The van der Waals surface area contributed by atoms with Gasteiger partial charge >= 0.3 is 16.2 Å². The fourth-order valence-corrected chi connectivity index (χ4v) is 3.82. The Balaban J connectivity index is 1.49. The van der Waals surface area contributed by atoms with E-state index in [9.17, 15) is 22.8 Å². The Morgan fingerprint density at radius 2 is 2.00 bits per heavy atom. The molecule has 3 rings (SSSR count). The molecule has 4 amide bonds. The third kappa shape index (κ3) is 4.84. The lowest BCUT2D eigenvalue weighted by Crippen LogP contribution is -2.67. The molecule has 0 radical (unpaired) electrons. The number of aromatic nitrogens is 1. The normalized spacial score (nSPS) is 16.2. The number of β-lactam (4-membered cyclic amide) rings is 1. The van der Waals surface area contributed by atoms with Gasteiger partial charge in [-0.25, -0.2) is 14.2 Å². The monoisotopic (exact) mass is 423 g/mol. The lowest BCUT2D eigenvalue weighted by molar-refractivity contribution is -0.142. The zero-order valence-electron chi connectivity index (χ0n) is 14.7. The summed E-state index contributed by atoms with van der Waals surface area (Å²) in [6, 6.07) is 8.52. The van der Waals surface area contributed by atoms with Gasteiger partial charge in [-0.15, -0.1) is 0 Å². The number of hydrogen-bond acceptors (Lipinski definition) is 7. The first kappa shape index (κ1) is 19.8. The van der Waals surface area contributed by atoms with E-state index in [4.69, 9.17) is 0 Å². The van der Waals surface area contributed by atoms with Crippen molar-refractivity contribution in [1.29, 1.82) is 0 Å². The van der Waals surface area contributed by atoms with Gasteiger partial charge in [0.25, 0.3) is 5.91 Å². The summed E-state index contributed by atoms with van der Waals surface area (Å²) in [5.41, 5.74) is 0.788. The van der Waals surface area contributed by atoms with Crippen LogP contribution in [-0.2, 0) is 26.2 Å². The Morgan fingerprint density at radius 3 is 2.61 bits per heavy atom. The zero-order valence-corrected chi connectivity index (χ0v) is 16.3. The van der Waals surface area contributed by atoms with E-state index in [1.165, 1.54) is 6.07 Å². The highest BCUT2D eigenvalue weighted by Gasteiger charge is 2.42. The van der Waals surface area contributed by atoms with E-state index >= 15 is 0 Å². The molecule has 12 heteroatoms. The molecular weight excluding hydrogens is 406 g/mol. The van der Waals surface area contributed by atoms with Crippen LogP contribution in [0.5, 0.6) is 0 Å². The lowest BCUT2D eigenvalue weighted by Gasteiger charge is -2.36. The van der Waals surface area contributed by atoms with E-state index in [2.05, 4.69) is 14.4 Å². The number of likely N-dealkylation sites (tertiary alicyclic amines) is 1. The number of carbonyl (C=O) groups is 3. The highest BCUT2D eigenvalue weighted by molar-refractivity contribution is 7.91. The molecule has 1 fully saturated rings. The van der Waals surface area contributed by atoms with Crippen LogP contribution in [-0.4, -0.2) is 48.1 Å². The van der Waals surface area contributed by atoms with Crippen molar-refractivity contribution in [2.75, 3.05) is 11.3 Å². The van der Waals surface area contributed by atoms with Gasteiger partial charge in [0, 0.05) is 4.88 Å². The molecule has 1 aromatic heterocycles. The van der Waals surface area contributed by atoms with Crippen LogP contribution in [0.15, 0.2) is 36.4 Å². The minimum atomic E-state index is -4.23. The smallest absolute Gasteiger partial charge is 0.339 e. The summed E-state index contributed by atoms with van der Waals surface area (Å²) in [6.45, 7) is 1.63. The fraction of sp³-hybridized carbons (Fsp3) is 0.250. The number of hydrogen-bond donors (Lipinski definition) is 3. The van der Waals surface area contributed by atoms with Crippen molar-refractivity contribution in [2.45, 2.75) is 19.4 Å². The third-order valence-corrected chi connectivity index (χ3v) is 5.42. The van der Waals surface area contributed by atoms with E-state index in [-0.39, 0.29) is 24.7 Å². The van der Waals surface area contributed by atoms with E-state index in [0.29, 0.717) is 4.90 Å².